The number of carbonyl (C=O) groups excluding carboxylic acids is 2. The molecule has 0 unspecified atom stereocenters. The highest BCUT2D eigenvalue weighted by Gasteiger charge is 2.35. The van der Waals surface area contributed by atoms with E-state index in [0.29, 0.717) is 22.0 Å². The van der Waals surface area contributed by atoms with Gasteiger partial charge in [0.05, 0.1) is 25.8 Å². The van der Waals surface area contributed by atoms with Crippen LogP contribution in [0.4, 0.5) is 10.5 Å². The molecule has 8 heteroatoms. The van der Waals surface area contributed by atoms with Crippen LogP contribution in [0.3, 0.4) is 0 Å². The minimum Gasteiger partial charge on any atom is -0.497 e. The zero-order valence-corrected chi connectivity index (χ0v) is 18.0. The van der Waals surface area contributed by atoms with Crippen LogP contribution < -0.4 is 14.8 Å². The first-order chi connectivity index (χ1) is 13.4. The van der Waals surface area contributed by atoms with Gasteiger partial charge in [0.15, 0.2) is 0 Å². The third kappa shape index (κ3) is 4.34. The van der Waals surface area contributed by atoms with E-state index in [9.17, 15) is 9.59 Å². The van der Waals surface area contributed by atoms with Gasteiger partial charge in [0, 0.05) is 15.7 Å². The number of rotatable bonds is 6. The van der Waals surface area contributed by atoms with Crippen LogP contribution in [0.5, 0.6) is 11.5 Å². The first-order valence-electron chi connectivity index (χ1n) is 8.40. The van der Waals surface area contributed by atoms with E-state index in [4.69, 9.17) is 9.47 Å². The lowest BCUT2D eigenvalue weighted by Crippen LogP contribution is -2.33. The first kappa shape index (κ1) is 20.3. The first-order valence-corrected chi connectivity index (χ1v) is 10.0. The van der Waals surface area contributed by atoms with Crippen LogP contribution in [0.1, 0.15) is 11.1 Å². The molecule has 146 valence electrons. The number of thioether (sulfide) groups is 1. The average molecular weight is 463 g/mol. The van der Waals surface area contributed by atoms with Crippen molar-refractivity contribution in [3.05, 3.63) is 56.9 Å². The van der Waals surface area contributed by atoms with Gasteiger partial charge in [0.1, 0.15) is 11.5 Å². The Kier molecular flexibility index (Phi) is 6.31. The third-order valence-electron chi connectivity index (χ3n) is 4.21. The van der Waals surface area contributed by atoms with Crippen molar-refractivity contribution >= 4 is 50.6 Å². The van der Waals surface area contributed by atoms with Gasteiger partial charge in [0.25, 0.3) is 11.1 Å². The standard InChI is InChI=1S/C20H19BrN2O4S/c1-12-8-14(21)4-6-16(12)22-11-23-19(24)18(28-20(23)25)10-13-9-15(26-2)5-7-17(13)27-3/h4-10,22H,11H2,1-3H3/b18-10+. The molecule has 0 bridgehead atoms. The van der Waals surface area contributed by atoms with E-state index in [0.717, 1.165) is 27.5 Å². The van der Waals surface area contributed by atoms with Crippen molar-refractivity contribution in [2.24, 2.45) is 0 Å². The summed E-state index contributed by atoms with van der Waals surface area (Å²) in [6.45, 7) is 2.05. The largest absolute Gasteiger partial charge is 0.497 e. The quantitative estimate of drug-likeness (QED) is 0.616. The van der Waals surface area contributed by atoms with Gasteiger partial charge in [-0.3, -0.25) is 14.5 Å². The molecule has 6 nitrogen and oxygen atoms in total. The zero-order chi connectivity index (χ0) is 20.3. The number of methoxy groups -OCH3 is 2. The number of benzene rings is 2. The van der Waals surface area contributed by atoms with E-state index >= 15 is 0 Å². The van der Waals surface area contributed by atoms with Gasteiger partial charge in [0.2, 0.25) is 0 Å². The van der Waals surface area contributed by atoms with Crippen LogP contribution in [-0.2, 0) is 4.79 Å². The molecule has 1 N–H and O–H groups in total. The number of nitrogens with one attached hydrogen (secondary N) is 1. The van der Waals surface area contributed by atoms with Gasteiger partial charge in [-0.25, -0.2) is 0 Å². The molecule has 2 aromatic carbocycles. The predicted molar refractivity (Wildman–Crippen MR) is 115 cm³/mol. The molecule has 3 rings (SSSR count). The van der Waals surface area contributed by atoms with Crippen molar-refractivity contribution in [1.29, 1.82) is 0 Å². The molecular weight excluding hydrogens is 444 g/mol. The van der Waals surface area contributed by atoms with Crippen LogP contribution in [0.25, 0.3) is 6.08 Å². The average Bonchev–Trinajstić information content (AvgIpc) is 2.94. The summed E-state index contributed by atoms with van der Waals surface area (Å²) < 4.78 is 11.5. The van der Waals surface area contributed by atoms with E-state index in [-0.39, 0.29) is 17.8 Å². The fourth-order valence-corrected chi connectivity index (χ4v) is 4.02. The number of anilines is 1. The molecule has 0 aromatic heterocycles. The van der Waals surface area contributed by atoms with Crippen molar-refractivity contribution in [3.8, 4) is 11.5 Å². The van der Waals surface area contributed by atoms with Gasteiger partial charge in [-0.2, -0.15) is 0 Å². The van der Waals surface area contributed by atoms with Gasteiger partial charge < -0.3 is 14.8 Å². The molecule has 0 aliphatic carbocycles. The molecular formula is C20H19BrN2O4S. The number of carbonyl (C=O) groups is 2. The number of hydrogen-bond donors (Lipinski definition) is 1. The van der Waals surface area contributed by atoms with E-state index < -0.39 is 0 Å². The summed E-state index contributed by atoms with van der Waals surface area (Å²) in [5, 5.41) is 2.83. The molecule has 28 heavy (non-hydrogen) atoms. The Morgan fingerprint density at radius 2 is 1.93 bits per heavy atom. The number of nitrogens with zero attached hydrogens (tertiary/aromatic N) is 1. The molecule has 1 heterocycles. The number of ether oxygens (including phenoxy) is 2. The van der Waals surface area contributed by atoms with Gasteiger partial charge >= 0.3 is 0 Å². The normalized spacial score (nSPS) is 15.3. The van der Waals surface area contributed by atoms with Crippen LogP contribution >= 0.6 is 27.7 Å². The maximum atomic E-state index is 12.7. The zero-order valence-electron chi connectivity index (χ0n) is 15.6. The highest BCUT2D eigenvalue weighted by molar-refractivity contribution is 9.10. The molecule has 1 saturated heterocycles. The van der Waals surface area contributed by atoms with Gasteiger partial charge in [-0.15, -0.1) is 0 Å². The van der Waals surface area contributed by atoms with Gasteiger partial charge in [-0.1, -0.05) is 15.9 Å². The molecule has 2 aromatic rings. The number of hydrogen-bond acceptors (Lipinski definition) is 6. The molecule has 1 aliphatic rings. The Bertz CT molecular complexity index is 961. The molecule has 0 atom stereocenters. The summed E-state index contributed by atoms with van der Waals surface area (Å²) in [6.07, 6.45) is 1.65. The topological polar surface area (TPSA) is 67.9 Å². The van der Waals surface area contributed by atoms with Crippen molar-refractivity contribution in [3.63, 3.8) is 0 Å². The van der Waals surface area contributed by atoms with Gasteiger partial charge in [-0.05, 0) is 66.7 Å². The maximum Gasteiger partial charge on any atom is 0.295 e. The van der Waals surface area contributed by atoms with E-state index in [1.54, 1.807) is 38.5 Å². The predicted octanol–water partition coefficient (Wildman–Crippen LogP) is 4.88. The fraction of sp³-hybridized carbons (Fsp3) is 0.200. The second-order valence-corrected chi connectivity index (χ2v) is 7.92. The summed E-state index contributed by atoms with van der Waals surface area (Å²) in [4.78, 5) is 26.6. The number of halogens is 1. The Morgan fingerprint density at radius 1 is 1.14 bits per heavy atom. The van der Waals surface area contributed by atoms with Crippen LogP contribution in [0.15, 0.2) is 45.8 Å². The minimum absolute atomic E-state index is 0.0969. The molecule has 2 amide bonds. The summed E-state index contributed by atoms with van der Waals surface area (Å²) >= 11 is 4.32. The monoisotopic (exact) mass is 462 g/mol. The number of amides is 2. The van der Waals surface area contributed by atoms with Crippen molar-refractivity contribution in [2.45, 2.75) is 6.92 Å². The highest BCUT2D eigenvalue weighted by Crippen LogP contribution is 2.35. The molecule has 0 radical (unpaired) electrons. The fourth-order valence-electron chi connectivity index (χ4n) is 2.72. The smallest absolute Gasteiger partial charge is 0.295 e. The summed E-state index contributed by atoms with van der Waals surface area (Å²) in [7, 11) is 3.12. The lowest BCUT2D eigenvalue weighted by molar-refractivity contribution is -0.122. The van der Waals surface area contributed by atoms with E-state index in [2.05, 4.69) is 21.2 Å². The Labute approximate surface area is 176 Å². The molecule has 0 spiro atoms. The van der Waals surface area contributed by atoms with Crippen molar-refractivity contribution in [1.82, 2.24) is 4.90 Å². The van der Waals surface area contributed by atoms with Crippen molar-refractivity contribution < 1.29 is 19.1 Å². The lowest BCUT2D eigenvalue weighted by atomic mass is 10.1. The molecule has 1 fully saturated rings. The molecule has 1 aliphatic heterocycles. The van der Waals surface area contributed by atoms with Crippen LogP contribution in [0, 0.1) is 6.92 Å². The Morgan fingerprint density at radius 3 is 2.61 bits per heavy atom. The highest BCUT2D eigenvalue weighted by atomic mass is 79.9. The summed E-state index contributed by atoms with van der Waals surface area (Å²) in [5.41, 5.74) is 2.54. The minimum atomic E-state index is -0.345. The lowest BCUT2D eigenvalue weighted by Gasteiger charge is -2.16. The number of aryl methyl sites for hydroxylation is 1. The third-order valence-corrected chi connectivity index (χ3v) is 5.61. The second-order valence-electron chi connectivity index (χ2n) is 6.01. The van der Waals surface area contributed by atoms with E-state index in [1.807, 2.05) is 25.1 Å². The van der Waals surface area contributed by atoms with Crippen molar-refractivity contribution in [2.75, 3.05) is 26.2 Å². The Hall–Kier alpha value is -2.45. The SMILES string of the molecule is COc1ccc(OC)c(/C=C2/SC(=O)N(CNc3ccc(Br)cc3C)C2=O)c1. The van der Waals surface area contributed by atoms with Crippen LogP contribution in [0.2, 0.25) is 0 Å². The molecule has 0 saturated carbocycles. The number of imide groups is 1. The second kappa shape index (κ2) is 8.70. The summed E-state index contributed by atoms with van der Waals surface area (Å²) in [6, 6.07) is 11.0. The Balaban J connectivity index is 1.79. The summed E-state index contributed by atoms with van der Waals surface area (Å²) in [5.74, 6) is 0.886. The van der Waals surface area contributed by atoms with Crippen LogP contribution in [-0.4, -0.2) is 36.9 Å². The van der Waals surface area contributed by atoms with E-state index in [1.165, 1.54) is 4.90 Å². The maximum absolute atomic E-state index is 12.7.